The molecule has 2 aromatic rings. The quantitative estimate of drug-likeness (QED) is 0.473. The van der Waals surface area contributed by atoms with Crippen molar-refractivity contribution >= 4 is 34.5 Å². The number of hydrogen-bond acceptors (Lipinski definition) is 5. The summed E-state index contributed by atoms with van der Waals surface area (Å²) in [4.78, 5) is 29.3. The van der Waals surface area contributed by atoms with Crippen LogP contribution in [0.5, 0.6) is 0 Å². The number of hydrogen-bond donors (Lipinski definition) is 0. The van der Waals surface area contributed by atoms with Crippen molar-refractivity contribution in [1.82, 2.24) is 14.4 Å². The molecule has 4 rings (SSSR count). The van der Waals surface area contributed by atoms with Crippen molar-refractivity contribution in [2.45, 2.75) is 70.9 Å². The van der Waals surface area contributed by atoms with Gasteiger partial charge in [-0.2, -0.15) is 0 Å². The van der Waals surface area contributed by atoms with Gasteiger partial charge in [-0.25, -0.2) is 9.18 Å². The van der Waals surface area contributed by atoms with E-state index in [2.05, 4.69) is 0 Å². The molecule has 1 aromatic heterocycles. The highest BCUT2D eigenvalue weighted by atomic mass is 35.5. The number of aromatic nitrogens is 1. The van der Waals surface area contributed by atoms with Crippen LogP contribution < -0.4 is 0 Å². The van der Waals surface area contributed by atoms with Gasteiger partial charge in [0.2, 0.25) is 0 Å². The molecule has 1 aliphatic heterocycles. The molecule has 0 spiro atoms. The Kier molecular flexibility index (Phi) is 8.12. The highest BCUT2D eigenvalue weighted by Gasteiger charge is 2.40. The second-order valence-electron chi connectivity index (χ2n) is 10.4. The Morgan fingerprint density at radius 3 is 2.72 bits per heavy atom. The van der Waals surface area contributed by atoms with E-state index in [1.165, 1.54) is 4.90 Å². The number of ether oxygens (including phenoxy) is 3. The van der Waals surface area contributed by atoms with Gasteiger partial charge in [0.15, 0.2) is 11.9 Å². The van der Waals surface area contributed by atoms with Crippen LogP contribution in [0.25, 0.3) is 10.9 Å². The number of carbonyl (C=O) groups is 2. The van der Waals surface area contributed by atoms with Gasteiger partial charge in [-0.1, -0.05) is 11.6 Å². The maximum Gasteiger partial charge on any atom is 0.410 e. The molecule has 1 saturated carbocycles. The van der Waals surface area contributed by atoms with E-state index in [1.54, 1.807) is 38.8 Å². The number of aryl methyl sites for hydroxylation is 1. The molecule has 2 heterocycles. The molecule has 2 amide bonds. The van der Waals surface area contributed by atoms with Gasteiger partial charge in [-0.3, -0.25) is 4.79 Å². The summed E-state index contributed by atoms with van der Waals surface area (Å²) in [6.45, 7) is 7.57. The van der Waals surface area contributed by atoms with Crippen molar-refractivity contribution in [2.24, 2.45) is 0 Å². The van der Waals surface area contributed by atoms with Crippen LogP contribution in [0, 0.1) is 5.82 Å². The molecule has 1 saturated heterocycles. The first-order chi connectivity index (χ1) is 17.1. The van der Waals surface area contributed by atoms with Crippen molar-refractivity contribution in [3.63, 3.8) is 0 Å². The van der Waals surface area contributed by atoms with E-state index in [4.69, 9.17) is 25.8 Å². The molecular formula is C26H35ClFN3O5. The fourth-order valence-electron chi connectivity index (χ4n) is 4.44. The van der Waals surface area contributed by atoms with Gasteiger partial charge < -0.3 is 28.6 Å². The Labute approximate surface area is 216 Å². The Bertz CT molecular complexity index is 1110. The minimum Gasteiger partial charge on any atom is -0.444 e. The van der Waals surface area contributed by atoms with Crippen LogP contribution >= 0.6 is 11.6 Å². The average Bonchev–Trinajstić information content (AvgIpc) is 3.59. The molecule has 0 N–H and O–H groups in total. The number of rotatable bonds is 8. The molecule has 198 valence electrons. The number of morpholine rings is 1. The van der Waals surface area contributed by atoms with Crippen LogP contribution in [0.2, 0.25) is 5.02 Å². The first-order valence-corrected chi connectivity index (χ1v) is 12.8. The van der Waals surface area contributed by atoms with Crippen molar-refractivity contribution in [1.29, 1.82) is 0 Å². The summed E-state index contributed by atoms with van der Waals surface area (Å²) in [5.74, 6) is -0.708. The molecular weight excluding hydrogens is 489 g/mol. The molecule has 1 atom stereocenters. The topological polar surface area (TPSA) is 73.2 Å². The molecule has 8 nitrogen and oxygen atoms in total. The third-order valence-corrected chi connectivity index (χ3v) is 6.79. The average molecular weight is 524 g/mol. The van der Waals surface area contributed by atoms with E-state index >= 15 is 4.39 Å². The fourth-order valence-corrected chi connectivity index (χ4v) is 4.66. The summed E-state index contributed by atoms with van der Waals surface area (Å²) >= 11 is 6.45. The minimum atomic E-state index is -0.808. The molecule has 0 radical (unpaired) electrons. The maximum atomic E-state index is 15.2. The SMILES string of the molecule is COCCCn1ccc2c(F)c(Cl)c(CN(C(=O)[C@H]3CN(C(=O)OC(C)(C)C)CCO3)C3CC3)cc21. The van der Waals surface area contributed by atoms with Gasteiger partial charge in [-0.15, -0.1) is 0 Å². The lowest BCUT2D eigenvalue weighted by Crippen LogP contribution is -2.53. The largest absolute Gasteiger partial charge is 0.444 e. The molecule has 36 heavy (non-hydrogen) atoms. The molecule has 0 bridgehead atoms. The normalized spacial score (nSPS) is 18.5. The summed E-state index contributed by atoms with van der Waals surface area (Å²) in [6, 6.07) is 3.63. The lowest BCUT2D eigenvalue weighted by atomic mass is 10.1. The molecule has 10 heteroatoms. The number of nitrogens with zero attached hydrogens (tertiary/aromatic N) is 3. The van der Waals surface area contributed by atoms with Crippen molar-refractivity contribution in [2.75, 3.05) is 33.4 Å². The van der Waals surface area contributed by atoms with Crippen LogP contribution in [0.15, 0.2) is 18.3 Å². The van der Waals surface area contributed by atoms with Gasteiger partial charge in [0.05, 0.1) is 23.7 Å². The van der Waals surface area contributed by atoms with E-state index in [0.717, 1.165) is 24.8 Å². The zero-order valence-electron chi connectivity index (χ0n) is 21.4. The van der Waals surface area contributed by atoms with Crippen LogP contribution in [0.1, 0.15) is 45.6 Å². The summed E-state index contributed by atoms with van der Waals surface area (Å²) in [5.41, 5.74) is 0.653. The second kappa shape index (κ2) is 10.9. The minimum absolute atomic E-state index is 0.0236. The highest BCUT2D eigenvalue weighted by Crippen LogP contribution is 2.34. The predicted octanol–water partition coefficient (Wildman–Crippen LogP) is 4.60. The van der Waals surface area contributed by atoms with Crippen LogP contribution in [-0.4, -0.2) is 77.5 Å². The van der Waals surface area contributed by atoms with E-state index < -0.39 is 23.6 Å². The second-order valence-corrected chi connectivity index (χ2v) is 10.8. The Morgan fingerprint density at radius 2 is 2.06 bits per heavy atom. The number of carbonyl (C=O) groups excluding carboxylic acids is 2. The summed E-state index contributed by atoms with van der Waals surface area (Å²) in [5, 5.41) is 0.476. The lowest BCUT2D eigenvalue weighted by Gasteiger charge is -2.36. The molecule has 1 aliphatic carbocycles. The van der Waals surface area contributed by atoms with Crippen LogP contribution in [0.3, 0.4) is 0 Å². The van der Waals surface area contributed by atoms with Crippen molar-refractivity contribution in [3.05, 3.63) is 34.7 Å². The fraction of sp³-hybridized carbons (Fsp3) is 0.615. The summed E-state index contributed by atoms with van der Waals surface area (Å²) < 4.78 is 33.6. The molecule has 1 aromatic carbocycles. The van der Waals surface area contributed by atoms with Crippen molar-refractivity contribution < 1.29 is 28.2 Å². The number of fused-ring (bicyclic) bond motifs is 1. The Morgan fingerprint density at radius 1 is 1.31 bits per heavy atom. The highest BCUT2D eigenvalue weighted by molar-refractivity contribution is 6.32. The van der Waals surface area contributed by atoms with Crippen LogP contribution in [-0.2, 0) is 32.1 Å². The van der Waals surface area contributed by atoms with Gasteiger partial charge in [0.1, 0.15) is 5.60 Å². The van der Waals surface area contributed by atoms with Gasteiger partial charge in [0, 0.05) is 51.0 Å². The zero-order valence-corrected chi connectivity index (χ0v) is 22.1. The Balaban J connectivity index is 1.53. The standard InChI is InChI=1S/C26H35ClFN3O5/c1-26(2,3)36-25(33)30-11-13-35-21(16-30)24(32)31(18-6-7-18)15-17-14-20-19(23(28)22(17)27)8-10-29(20)9-5-12-34-4/h8,10,14,18,21H,5-7,9,11-13,15-16H2,1-4H3/t21-/m1/s1. The number of halogens is 2. The summed E-state index contributed by atoms with van der Waals surface area (Å²) in [7, 11) is 1.65. The lowest BCUT2D eigenvalue weighted by molar-refractivity contribution is -0.150. The maximum absolute atomic E-state index is 15.2. The van der Waals surface area contributed by atoms with Gasteiger partial charge >= 0.3 is 6.09 Å². The van der Waals surface area contributed by atoms with E-state index in [1.807, 2.05) is 16.8 Å². The first kappa shape index (κ1) is 26.7. The van der Waals surface area contributed by atoms with E-state index in [9.17, 15) is 9.59 Å². The predicted molar refractivity (Wildman–Crippen MR) is 135 cm³/mol. The smallest absolute Gasteiger partial charge is 0.410 e. The summed E-state index contributed by atoms with van der Waals surface area (Å²) in [6.07, 6.45) is 3.09. The third-order valence-electron chi connectivity index (χ3n) is 6.38. The van der Waals surface area contributed by atoms with E-state index in [0.29, 0.717) is 30.6 Å². The third kappa shape index (κ3) is 6.12. The number of methoxy groups -OCH3 is 1. The first-order valence-electron chi connectivity index (χ1n) is 12.4. The number of benzene rings is 1. The van der Waals surface area contributed by atoms with Gasteiger partial charge in [-0.05, 0) is 57.7 Å². The van der Waals surface area contributed by atoms with E-state index in [-0.39, 0.29) is 36.7 Å². The zero-order chi connectivity index (χ0) is 26.0. The van der Waals surface area contributed by atoms with Crippen LogP contribution in [0.4, 0.5) is 9.18 Å². The number of amides is 2. The Hall–Kier alpha value is -2.36. The molecule has 0 unspecified atom stereocenters. The monoisotopic (exact) mass is 523 g/mol. The molecule has 2 fully saturated rings. The van der Waals surface area contributed by atoms with Gasteiger partial charge in [0.25, 0.3) is 5.91 Å². The van der Waals surface area contributed by atoms with Crippen molar-refractivity contribution in [3.8, 4) is 0 Å². The molecule has 2 aliphatic rings.